The number of amides is 2. The second-order valence-electron chi connectivity index (χ2n) is 8.98. The highest BCUT2D eigenvalue weighted by atomic mass is 35.5. The molecule has 1 atom stereocenters. The van der Waals surface area contributed by atoms with Gasteiger partial charge in [-0.3, -0.25) is 19.2 Å². The number of hydrogen-bond donors (Lipinski definition) is 1. The van der Waals surface area contributed by atoms with Gasteiger partial charge >= 0.3 is 0 Å². The smallest absolute Gasteiger partial charge is 0.277 e. The highest BCUT2D eigenvalue weighted by molar-refractivity contribution is 7.13. The van der Waals surface area contributed by atoms with Crippen LogP contribution in [0.3, 0.4) is 0 Å². The van der Waals surface area contributed by atoms with E-state index in [2.05, 4.69) is 10.4 Å². The molecule has 1 aliphatic rings. The van der Waals surface area contributed by atoms with Crippen LogP contribution in [-0.4, -0.2) is 39.8 Å². The Hall–Kier alpha value is -2.84. The molecule has 0 unspecified atom stereocenters. The quantitative estimate of drug-likeness (QED) is 0.601. The van der Waals surface area contributed by atoms with Crippen LogP contribution in [0, 0.1) is 0 Å². The van der Waals surface area contributed by atoms with Crippen LogP contribution in [0.2, 0.25) is 5.02 Å². The molecule has 1 aromatic carbocycles. The van der Waals surface area contributed by atoms with Gasteiger partial charge in [-0.05, 0) is 63.4 Å². The Labute approximate surface area is 195 Å². The Balaban J connectivity index is 1.90. The fraction of sp³-hybridized carbons (Fsp3) is 0.348. The number of ether oxygens (including phenoxy) is 1. The minimum atomic E-state index is -1.27. The fourth-order valence-corrected chi connectivity index (χ4v) is 4.66. The zero-order valence-electron chi connectivity index (χ0n) is 18.6. The van der Waals surface area contributed by atoms with Gasteiger partial charge in [-0.1, -0.05) is 17.7 Å². The van der Waals surface area contributed by atoms with Gasteiger partial charge in [-0.2, -0.15) is 5.10 Å². The number of carbonyl (C=O) groups excluding carboxylic acids is 2. The summed E-state index contributed by atoms with van der Waals surface area (Å²) in [7, 11) is 1.52. The Morgan fingerprint density at radius 1 is 1.28 bits per heavy atom. The van der Waals surface area contributed by atoms with E-state index in [-0.39, 0.29) is 18.4 Å². The second kappa shape index (κ2) is 7.94. The van der Waals surface area contributed by atoms with Crippen molar-refractivity contribution in [3.63, 3.8) is 0 Å². The molecule has 2 amide bonds. The first-order valence-electron chi connectivity index (χ1n) is 10.2. The number of benzene rings is 1. The largest absolute Gasteiger partial charge is 0.495 e. The maximum atomic E-state index is 13.9. The first kappa shape index (κ1) is 22.4. The molecule has 2 aromatic heterocycles. The average molecular weight is 473 g/mol. The zero-order valence-corrected chi connectivity index (χ0v) is 20.2. The summed E-state index contributed by atoms with van der Waals surface area (Å²) < 4.78 is 7.14. The molecule has 3 aromatic rings. The molecule has 7 nitrogen and oxygen atoms in total. The van der Waals surface area contributed by atoms with Crippen molar-refractivity contribution in [3.05, 3.63) is 52.5 Å². The predicted molar refractivity (Wildman–Crippen MR) is 127 cm³/mol. The number of rotatable bonds is 4. The monoisotopic (exact) mass is 472 g/mol. The van der Waals surface area contributed by atoms with Crippen LogP contribution in [-0.2, 0) is 11.3 Å². The number of fused-ring (bicyclic) bond motifs is 1. The summed E-state index contributed by atoms with van der Waals surface area (Å²) in [5, 5.41) is 10.1. The molecular weight excluding hydrogens is 448 g/mol. The Kier molecular flexibility index (Phi) is 5.55. The summed E-state index contributed by atoms with van der Waals surface area (Å²) in [6.45, 7) is 7.62. The molecule has 0 fully saturated rings. The van der Waals surface area contributed by atoms with Crippen LogP contribution >= 0.6 is 22.9 Å². The molecule has 4 rings (SSSR count). The topological polar surface area (TPSA) is 76.5 Å². The van der Waals surface area contributed by atoms with Crippen molar-refractivity contribution in [1.82, 2.24) is 15.1 Å². The molecule has 168 valence electrons. The SMILES string of the molecule is COc1ccc(Cl)cc1N1C(=O)c2cc(-c3cccs3)nn2C[C@]1(C)C(=O)NC(C)(C)C. The third-order valence-electron chi connectivity index (χ3n) is 5.29. The number of nitrogens with one attached hydrogen (secondary N) is 1. The van der Waals surface area contributed by atoms with Gasteiger partial charge in [-0.15, -0.1) is 11.3 Å². The van der Waals surface area contributed by atoms with Crippen LogP contribution < -0.4 is 15.0 Å². The summed E-state index contributed by atoms with van der Waals surface area (Å²) >= 11 is 7.82. The number of aromatic nitrogens is 2. The maximum absolute atomic E-state index is 13.9. The summed E-state index contributed by atoms with van der Waals surface area (Å²) in [4.78, 5) is 29.9. The van der Waals surface area contributed by atoms with E-state index >= 15 is 0 Å². The highest BCUT2D eigenvalue weighted by Crippen LogP contribution is 2.40. The number of halogens is 1. The van der Waals surface area contributed by atoms with Crippen LogP contribution in [0.15, 0.2) is 41.8 Å². The molecule has 32 heavy (non-hydrogen) atoms. The fourth-order valence-electron chi connectivity index (χ4n) is 3.82. The predicted octanol–water partition coefficient (Wildman–Crippen LogP) is 4.61. The molecule has 0 radical (unpaired) electrons. The molecule has 1 aliphatic heterocycles. The van der Waals surface area contributed by atoms with E-state index in [0.717, 1.165) is 4.88 Å². The lowest BCUT2D eigenvalue weighted by atomic mass is 9.92. The number of nitrogens with zero attached hydrogens (tertiary/aromatic N) is 3. The van der Waals surface area contributed by atoms with Crippen molar-refractivity contribution < 1.29 is 14.3 Å². The summed E-state index contributed by atoms with van der Waals surface area (Å²) in [6, 6.07) is 10.7. The Bertz CT molecular complexity index is 1180. The van der Waals surface area contributed by atoms with Crippen LogP contribution in [0.1, 0.15) is 38.2 Å². The van der Waals surface area contributed by atoms with Crippen molar-refractivity contribution in [2.45, 2.75) is 45.3 Å². The van der Waals surface area contributed by atoms with Crippen LogP contribution in [0.4, 0.5) is 5.69 Å². The molecule has 0 bridgehead atoms. The second-order valence-corrected chi connectivity index (χ2v) is 10.4. The maximum Gasteiger partial charge on any atom is 0.277 e. The highest BCUT2D eigenvalue weighted by Gasteiger charge is 2.50. The van der Waals surface area contributed by atoms with E-state index in [9.17, 15) is 9.59 Å². The van der Waals surface area contributed by atoms with E-state index in [1.54, 1.807) is 47.2 Å². The third-order valence-corrected chi connectivity index (χ3v) is 6.41. The first-order valence-corrected chi connectivity index (χ1v) is 11.4. The van der Waals surface area contributed by atoms with Crippen molar-refractivity contribution in [2.24, 2.45) is 0 Å². The average Bonchev–Trinajstić information content (AvgIpc) is 3.36. The van der Waals surface area contributed by atoms with Crippen LogP contribution in [0.5, 0.6) is 5.75 Å². The van der Waals surface area contributed by atoms with E-state index in [1.165, 1.54) is 12.0 Å². The Morgan fingerprint density at radius 3 is 2.66 bits per heavy atom. The van der Waals surface area contributed by atoms with Gasteiger partial charge in [-0.25, -0.2) is 0 Å². The standard InChI is InChI=1S/C23H25ClN4O3S/c1-22(2,3)25-21(30)23(4)13-27-17(12-15(26-27)19-7-6-10-32-19)20(29)28(23)16-11-14(24)8-9-18(16)31-5/h6-12H,13H2,1-5H3,(H,25,30)/t23-/m1/s1. The number of carbonyl (C=O) groups is 2. The van der Waals surface area contributed by atoms with Gasteiger partial charge in [0.05, 0.1) is 24.2 Å². The molecule has 0 saturated carbocycles. The van der Waals surface area contributed by atoms with Gasteiger partial charge in [0.15, 0.2) is 0 Å². The number of thiophene rings is 1. The van der Waals surface area contributed by atoms with E-state index in [4.69, 9.17) is 16.3 Å². The van der Waals surface area contributed by atoms with Crippen molar-refractivity contribution >= 4 is 40.4 Å². The van der Waals surface area contributed by atoms with Gasteiger partial charge < -0.3 is 10.1 Å². The van der Waals surface area contributed by atoms with Gasteiger partial charge in [0.2, 0.25) is 5.91 Å². The molecule has 0 aliphatic carbocycles. The summed E-state index contributed by atoms with van der Waals surface area (Å²) in [5.41, 5.74) is -0.228. The molecule has 3 heterocycles. The van der Waals surface area contributed by atoms with Gasteiger partial charge in [0, 0.05) is 10.6 Å². The minimum absolute atomic E-state index is 0.178. The lowest BCUT2D eigenvalue weighted by molar-refractivity contribution is -0.128. The van der Waals surface area contributed by atoms with Crippen molar-refractivity contribution in [1.29, 1.82) is 0 Å². The number of hydrogen-bond acceptors (Lipinski definition) is 5. The van der Waals surface area contributed by atoms with Crippen molar-refractivity contribution in [3.8, 4) is 16.3 Å². The summed E-state index contributed by atoms with van der Waals surface area (Å²) in [6.07, 6.45) is 0. The zero-order chi connectivity index (χ0) is 23.3. The van der Waals surface area contributed by atoms with Crippen molar-refractivity contribution in [2.75, 3.05) is 12.0 Å². The van der Waals surface area contributed by atoms with Gasteiger partial charge in [0.1, 0.15) is 22.7 Å². The van der Waals surface area contributed by atoms with Gasteiger partial charge in [0.25, 0.3) is 5.91 Å². The van der Waals surface area contributed by atoms with E-state index in [1.807, 2.05) is 38.3 Å². The van der Waals surface area contributed by atoms with E-state index in [0.29, 0.717) is 27.8 Å². The molecular formula is C23H25ClN4O3S. The number of anilines is 1. The van der Waals surface area contributed by atoms with Crippen LogP contribution in [0.25, 0.3) is 10.6 Å². The minimum Gasteiger partial charge on any atom is -0.495 e. The molecule has 9 heteroatoms. The van der Waals surface area contributed by atoms with E-state index < -0.39 is 11.1 Å². The molecule has 0 spiro atoms. The molecule has 1 N–H and O–H groups in total. The number of methoxy groups -OCH3 is 1. The lowest BCUT2D eigenvalue weighted by Crippen LogP contribution is -2.66. The molecule has 0 saturated heterocycles. The first-order chi connectivity index (χ1) is 15.0. The lowest BCUT2D eigenvalue weighted by Gasteiger charge is -2.44. The third kappa shape index (κ3) is 3.89. The normalized spacial score (nSPS) is 18.4. The summed E-state index contributed by atoms with van der Waals surface area (Å²) in [5.74, 6) is -0.193. The Morgan fingerprint density at radius 2 is 2.03 bits per heavy atom.